The fourth-order valence-corrected chi connectivity index (χ4v) is 2.17. The summed E-state index contributed by atoms with van der Waals surface area (Å²) < 4.78 is 0. The monoisotopic (exact) mass is 276 g/mol. The molecule has 4 heteroatoms. The van der Waals surface area contributed by atoms with Gasteiger partial charge in [0.15, 0.2) is 0 Å². The van der Waals surface area contributed by atoms with Crippen molar-refractivity contribution in [1.82, 2.24) is 10.2 Å². The van der Waals surface area contributed by atoms with Gasteiger partial charge in [-0.05, 0) is 18.9 Å². The number of rotatable bonds is 7. The van der Waals surface area contributed by atoms with E-state index in [2.05, 4.69) is 5.32 Å². The molecule has 110 valence electrons. The van der Waals surface area contributed by atoms with Crippen LogP contribution in [0.5, 0.6) is 0 Å². The van der Waals surface area contributed by atoms with Crippen molar-refractivity contribution in [1.29, 1.82) is 0 Å². The van der Waals surface area contributed by atoms with Crippen LogP contribution < -0.4 is 5.32 Å². The van der Waals surface area contributed by atoms with Gasteiger partial charge in [-0.15, -0.1) is 0 Å². The average molecular weight is 276 g/mol. The van der Waals surface area contributed by atoms with Gasteiger partial charge in [-0.2, -0.15) is 0 Å². The molecule has 2 amide bonds. The highest BCUT2D eigenvalue weighted by Crippen LogP contribution is 2.19. The smallest absolute Gasteiger partial charge is 0.220 e. The predicted molar refractivity (Wildman–Crippen MR) is 80.2 cm³/mol. The van der Waals surface area contributed by atoms with Crippen LogP contribution >= 0.6 is 0 Å². The maximum Gasteiger partial charge on any atom is 0.220 e. The lowest BCUT2D eigenvalue weighted by molar-refractivity contribution is -0.131. The van der Waals surface area contributed by atoms with Crippen LogP contribution in [0.4, 0.5) is 0 Å². The Kier molecular flexibility index (Phi) is 6.77. The maximum absolute atomic E-state index is 11.8. The number of hydrogen-bond donors (Lipinski definition) is 1. The molecule has 1 aromatic carbocycles. The Labute approximate surface area is 121 Å². The van der Waals surface area contributed by atoms with Gasteiger partial charge in [0.05, 0.1) is 6.04 Å². The van der Waals surface area contributed by atoms with E-state index in [9.17, 15) is 9.59 Å². The Bertz CT molecular complexity index is 431. The molecule has 0 aliphatic carbocycles. The van der Waals surface area contributed by atoms with Gasteiger partial charge in [-0.25, -0.2) is 0 Å². The van der Waals surface area contributed by atoms with Crippen LogP contribution in [0.2, 0.25) is 0 Å². The third-order valence-electron chi connectivity index (χ3n) is 3.31. The Hall–Kier alpha value is -1.84. The van der Waals surface area contributed by atoms with E-state index < -0.39 is 0 Å². The molecule has 0 fully saturated rings. The molecule has 0 heterocycles. The van der Waals surface area contributed by atoms with E-state index in [1.807, 2.05) is 44.2 Å². The van der Waals surface area contributed by atoms with Crippen LogP contribution in [0, 0.1) is 0 Å². The molecule has 1 aromatic rings. The summed E-state index contributed by atoms with van der Waals surface area (Å²) in [7, 11) is 0. The van der Waals surface area contributed by atoms with Crippen molar-refractivity contribution < 1.29 is 9.59 Å². The third-order valence-corrected chi connectivity index (χ3v) is 3.31. The van der Waals surface area contributed by atoms with Gasteiger partial charge in [0.1, 0.15) is 0 Å². The van der Waals surface area contributed by atoms with Crippen LogP contribution in [-0.4, -0.2) is 29.8 Å². The summed E-state index contributed by atoms with van der Waals surface area (Å²) in [5.41, 5.74) is 1.10. The highest BCUT2D eigenvalue weighted by Gasteiger charge is 2.17. The lowest BCUT2D eigenvalue weighted by Gasteiger charge is -2.28. The van der Waals surface area contributed by atoms with E-state index >= 15 is 0 Å². The summed E-state index contributed by atoms with van der Waals surface area (Å²) in [6.07, 6.45) is 1.37. The van der Waals surface area contributed by atoms with Crippen molar-refractivity contribution in [2.24, 2.45) is 0 Å². The zero-order valence-corrected chi connectivity index (χ0v) is 12.6. The van der Waals surface area contributed by atoms with E-state index in [4.69, 9.17) is 0 Å². The van der Waals surface area contributed by atoms with Gasteiger partial charge in [-0.3, -0.25) is 9.59 Å². The van der Waals surface area contributed by atoms with Crippen molar-refractivity contribution in [2.75, 3.05) is 13.1 Å². The molecule has 0 saturated heterocycles. The molecule has 0 aliphatic rings. The summed E-state index contributed by atoms with van der Waals surface area (Å²) >= 11 is 0. The number of hydrogen-bond acceptors (Lipinski definition) is 2. The molecule has 0 aliphatic heterocycles. The molecule has 0 radical (unpaired) electrons. The Morgan fingerprint density at radius 2 is 1.90 bits per heavy atom. The SMILES string of the molecule is CCCC(=O)NCCN(C(C)=O)C(C)c1ccccc1. The second-order valence-electron chi connectivity index (χ2n) is 4.90. The largest absolute Gasteiger partial charge is 0.354 e. The minimum Gasteiger partial charge on any atom is -0.354 e. The summed E-state index contributed by atoms with van der Waals surface area (Å²) in [6, 6.07) is 9.92. The Morgan fingerprint density at radius 1 is 1.25 bits per heavy atom. The minimum absolute atomic E-state index is 0.0109. The van der Waals surface area contributed by atoms with Crippen molar-refractivity contribution in [3.63, 3.8) is 0 Å². The van der Waals surface area contributed by atoms with Crippen molar-refractivity contribution >= 4 is 11.8 Å². The molecule has 1 N–H and O–H groups in total. The molecule has 1 atom stereocenters. The first kappa shape index (κ1) is 16.2. The highest BCUT2D eigenvalue weighted by atomic mass is 16.2. The van der Waals surface area contributed by atoms with Gasteiger partial charge in [-0.1, -0.05) is 37.3 Å². The molecule has 20 heavy (non-hydrogen) atoms. The van der Waals surface area contributed by atoms with E-state index in [1.54, 1.807) is 11.8 Å². The number of benzene rings is 1. The zero-order valence-electron chi connectivity index (χ0n) is 12.6. The molecule has 1 unspecified atom stereocenters. The van der Waals surface area contributed by atoms with Crippen LogP contribution in [0.3, 0.4) is 0 Å². The van der Waals surface area contributed by atoms with Gasteiger partial charge in [0.2, 0.25) is 11.8 Å². The summed E-state index contributed by atoms with van der Waals surface area (Å²) in [4.78, 5) is 25.0. The van der Waals surface area contributed by atoms with E-state index in [1.165, 1.54) is 0 Å². The Morgan fingerprint density at radius 3 is 2.45 bits per heavy atom. The fraction of sp³-hybridized carbons (Fsp3) is 0.500. The first-order chi connectivity index (χ1) is 9.56. The molecular weight excluding hydrogens is 252 g/mol. The van der Waals surface area contributed by atoms with E-state index in [0.29, 0.717) is 19.5 Å². The van der Waals surface area contributed by atoms with Crippen molar-refractivity contribution in [3.8, 4) is 0 Å². The minimum atomic E-state index is 0.0109. The third kappa shape index (κ3) is 5.03. The first-order valence-electron chi connectivity index (χ1n) is 7.15. The van der Waals surface area contributed by atoms with Crippen molar-refractivity contribution in [3.05, 3.63) is 35.9 Å². The molecular formula is C16H24N2O2. The number of nitrogens with zero attached hydrogens (tertiary/aromatic N) is 1. The Balaban J connectivity index is 2.57. The van der Waals surface area contributed by atoms with Crippen LogP contribution in [0.15, 0.2) is 30.3 Å². The molecule has 0 aromatic heterocycles. The van der Waals surface area contributed by atoms with E-state index in [-0.39, 0.29) is 17.9 Å². The number of carbonyl (C=O) groups excluding carboxylic acids is 2. The standard InChI is InChI=1S/C16H24N2O2/c1-4-8-16(20)17-11-12-18(14(3)19)13(2)15-9-6-5-7-10-15/h5-7,9-10,13H,4,8,11-12H2,1-3H3,(H,17,20). The van der Waals surface area contributed by atoms with Crippen LogP contribution in [0.1, 0.15) is 45.2 Å². The molecule has 0 saturated carbocycles. The summed E-state index contributed by atoms with van der Waals surface area (Å²) in [5.74, 6) is 0.0643. The number of nitrogens with one attached hydrogen (secondary N) is 1. The molecule has 1 rings (SSSR count). The quantitative estimate of drug-likeness (QED) is 0.832. The predicted octanol–water partition coefficient (Wildman–Crippen LogP) is 2.51. The lowest BCUT2D eigenvalue weighted by Crippen LogP contribution is -2.38. The van der Waals surface area contributed by atoms with Gasteiger partial charge in [0, 0.05) is 26.4 Å². The summed E-state index contributed by atoms with van der Waals surface area (Å²) in [6.45, 7) is 6.56. The number of amides is 2. The normalized spacial score (nSPS) is 11.8. The van der Waals surface area contributed by atoms with Crippen molar-refractivity contribution in [2.45, 2.75) is 39.7 Å². The molecule has 4 nitrogen and oxygen atoms in total. The molecule has 0 bridgehead atoms. The second-order valence-corrected chi connectivity index (χ2v) is 4.90. The molecule has 0 spiro atoms. The first-order valence-corrected chi connectivity index (χ1v) is 7.15. The van der Waals surface area contributed by atoms with Gasteiger partial charge >= 0.3 is 0 Å². The van der Waals surface area contributed by atoms with Crippen LogP contribution in [-0.2, 0) is 9.59 Å². The summed E-state index contributed by atoms with van der Waals surface area (Å²) in [5, 5.41) is 2.84. The highest BCUT2D eigenvalue weighted by molar-refractivity contribution is 5.76. The number of carbonyl (C=O) groups is 2. The van der Waals surface area contributed by atoms with Gasteiger partial charge < -0.3 is 10.2 Å². The van der Waals surface area contributed by atoms with Crippen LogP contribution in [0.25, 0.3) is 0 Å². The lowest BCUT2D eigenvalue weighted by atomic mass is 10.1. The zero-order chi connectivity index (χ0) is 15.0. The fourth-order valence-electron chi connectivity index (χ4n) is 2.17. The van der Waals surface area contributed by atoms with Gasteiger partial charge in [0.25, 0.3) is 0 Å². The average Bonchev–Trinajstić information content (AvgIpc) is 2.44. The van der Waals surface area contributed by atoms with E-state index in [0.717, 1.165) is 12.0 Å². The topological polar surface area (TPSA) is 49.4 Å². The maximum atomic E-state index is 11.8. The second kappa shape index (κ2) is 8.35.